The van der Waals surface area contributed by atoms with E-state index < -0.39 is 0 Å². The van der Waals surface area contributed by atoms with Gasteiger partial charge in [-0.05, 0) is 29.3 Å². The van der Waals surface area contributed by atoms with Crippen LogP contribution in [-0.2, 0) is 0 Å². The Bertz CT molecular complexity index is 653. The van der Waals surface area contributed by atoms with E-state index in [9.17, 15) is 9.59 Å². The maximum Gasteiger partial charge on any atom is 0.257 e. The van der Waals surface area contributed by atoms with Gasteiger partial charge in [0.05, 0.1) is 11.1 Å². The highest BCUT2D eigenvalue weighted by Crippen LogP contribution is 2.26. The van der Waals surface area contributed by atoms with Crippen LogP contribution in [0.4, 0.5) is 5.00 Å². The molecule has 110 valence electrons. The Morgan fingerprint density at radius 1 is 1.14 bits per heavy atom. The molecule has 2 N–H and O–H groups in total. The Labute approximate surface area is 131 Å². The predicted molar refractivity (Wildman–Crippen MR) is 88.5 cm³/mol. The minimum atomic E-state index is -0.206. The number of carbonyl (C=O) groups excluding carboxylic acids is 2. The van der Waals surface area contributed by atoms with Crippen molar-refractivity contribution in [1.29, 1.82) is 0 Å². The molecule has 0 unspecified atom stereocenters. The van der Waals surface area contributed by atoms with Crippen molar-refractivity contribution in [3.63, 3.8) is 0 Å². The van der Waals surface area contributed by atoms with E-state index in [-0.39, 0.29) is 11.8 Å². The molecule has 0 saturated heterocycles. The van der Waals surface area contributed by atoms with Crippen LogP contribution in [0, 0.1) is 0 Å². The number of nitrogens with one attached hydrogen (secondary N) is 2. The number of benzene rings is 1. The van der Waals surface area contributed by atoms with Crippen LogP contribution in [0.25, 0.3) is 0 Å². The molecule has 21 heavy (non-hydrogen) atoms. The van der Waals surface area contributed by atoms with Crippen molar-refractivity contribution in [3.05, 3.63) is 46.8 Å². The van der Waals surface area contributed by atoms with E-state index in [0.717, 1.165) is 10.6 Å². The maximum atomic E-state index is 12.4. The van der Waals surface area contributed by atoms with Crippen LogP contribution >= 0.6 is 23.1 Å². The molecular weight excluding hydrogens is 304 g/mol. The summed E-state index contributed by atoms with van der Waals surface area (Å²) in [5.41, 5.74) is 1.11. The molecule has 0 aliphatic heterocycles. The highest BCUT2D eigenvalue weighted by atomic mass is 32.2. The first-order valence-corrected chi connectivity index (χ1v) is 8.36. The number of anilines is 1. The Hall–Kier alpha value is -1.79. The SMILES string of the molecule is CCSc1ccccc1C(=O)Nc1sccc1C(=O)NC. The number of hydrogen-bond acceptors (Lipinski definition) is 4. The van der Waals surface area contributed by atoms with Crippen molar-refractivity contribution in [2.75, 3.05) is 18.1 Å². The molecule has 1 heterocycles. The van der Waals surface area contributed by atoms with Gasteiger partial charge in [-0.25, -0.2) is 0 Å². The molecule has 6 heteroatoms. The molecule has 4 nitrogen and oxygen atoms in total. The number of thioether (sulfide) groups is 1. The van der Waals surface area contributed by atoms with Crippen molar-refractivity contribution >= 4 is 39.9 Å². The van der Waals surface area contributed by atoms with Crippen LogP contribution in [0.5, 0.6) is 0 Å². The highest BCUT2D eigenvalue weighted by Gasteiger charge is 2.16. The first kappa shape index (κ1) is 15.6. The molecule has 2 rings (SSSR count). The standard InChI is InChI=1S/C15H16N2O2S2/c1-3-20-12-7-5-4-6-10(12)14(19)17-15-11(8-9-21-15)13(18)16-2/h4-9H,3H2,1-2H3,(H,16,18)(H,17,19). The summed E-state index contributed by atoms with van der Waals surface area (Å²) in [7, 11) is 1.57. The van der Waals surface area contributed by atoms with Gasteiger partial charge < -0.3 is 10.6 Å². The van der Waals surface area contributed by atoms with Crippen molar-refractivity contribution in [2.24, 2.45) is 0 Å². The summed E-state index contributed by atoms with van der Waals surface area (Å²) in [6.45, 7) is 2.04. The van der Waals surface area contributed by atoms with Gasteiger partial charge in [0.25, 0.3) is 11.8 Å². The van der Waals surface area contributed by atoms with E-state index >= 15 is 0 Å². The second-order valence-corrected chi connectivity index (χ2v) is 6.35. The first-order valence-electron chi connectivity index (χ1n) is 6.50. The molecule has 0 bridgehead atoms. The van der Waals surface area contributed by atoms with E-state index in [1.165, 1.54) is 11.3 Å². The zero-order valence-electron chi connectivity index (χ0n) is 11.8. The van der Waals surface area contributed by atoms with E-state index in [1.807, 2.05) is 25.1 Å². The third-order valence-corrected chi connectivity index (χ3v) is 4.58. The van der Waals surface area contributed by atoms with Crippen LogP contribution in [0.3, 0.4) is 0 Å². The van der Waals surface area contributed by atoms with E-state index in [4.69, 9.17) is 0 Å². The smallest absolute Gasteiger partial charge is 0.257 e. The zero-order valence-corrected chi connectivity index (χ0v) is 13.4. The monoisotopic (exact) mass is 320 g/mol. The van der Waals surface area contributed by atoms with Crippen LogP contribution in [0.1, 0.15) is 27.6 Å². The predicted octanol–water partition coefficient (Wildman–Crippen LogP) is 3.47. The third kappa shape index (κ3) is 3.65. The van der Waals surface area contributed by atoms with Gasteiger partial charge in [-0.15, -0.1) is 23.1 Å². The average molecular weight is 320 g/mol. The summed E-state index contributed by atoms with van der Waals surface area (Å²) in [6, 6.07) is 9.17. The fraction of sp³-hybridized carbons (Fsp3) is 0.200. The van der Waals surface area contributed by atoms with Gasteiger partial charge >= 0.3 is 0 Å². The molecule has 1 aromatic carbocycles. The van der Waals surface area contributed by atoms with Crippen molar-refractivity contribution in [1.82, 2.24) is 5.32 Å². The van der Waals surface area contributed by atoms with Crippen LogP contribution in [0.2, 0.25) is 0 Å². The first-order chi connectivity index (χ1) is 10.2. The molecule has 0 radical (unpaired) electrons. The van der Waals surface area contributed by atoms with E-state index in [2.05, 4.69) is 10.6 Å². The normalized spacial score (nSPS) is 10.2. The molecule has 0 aliphatic carbocycles. The molecule has 0 atom stereocenters. The highest BCUT2D eigenvalue weighted by molar-refractivity contribution is 7.99. The second-order valence-electron chi connectivity index (χ2n) is 4.13. The van der Waals surface area contributed by atoms with Crippen molar-refractivity contribution in [3.8, 4) is 0 Å². The Morgan fingerprint density at radius 2 is 1.90 bits per heavy atom. The lowest BCUT2D eigenvalue weighted by Crippen LogP contribution is -2.20. The Kier molecular flexibility index (Phi) is 5.41. The topological polar surface area (TPSA) is 58.2 Å². The molecule has 0 spiro atoms. The molecule has 1 aromatic heterocycles. The number of thiophene rings is 1. The fourth-order valence-electron chi connectivity index (χ4n) is 1.83. The lowest BCUT2D eigenvalue weighted by molar-refractivity contribution is 0.0964. The molecule has 0 saturated carbocycles. The molecular formula is C15H16N2O2S2. The van der Waals surface area contributed by atoms with E-state index in [0.29, 0.717) is 16.1 Å². The number of hydrogen-bond donors (Lipinski definition) is 2. The summed E-state index contributed by atoms with van der Waals surface area (Å²) in [6.07, 6.45) is 0. The summed E-state index contributed by atoms with van der Waals surface area (Å²) >= 11 is 2.96. The van der Waals surface area contributed by atoms with Crippen LogP contribution < -0.4 is 10.6 Å². The van der Waals surface area contributed by atoms with Gasteiger partial charge in [0.2, 0.25) is 0 Å². The van der Waals surface area contributed by atoms with Gasteiger partial charge in [-0.3, -0.25) is 9.59 Å². The Morgan fingerprint density at radius 3 is 2.62 bits per heavy atom. The molecule has 2 aromatic rings. The number of amides is 2. The third-order valence-electron chi connectivity index (χ3n) is 2.80. The summed E-state index contributed by atoms with van der Waals surface area (Å²) in [5.74, 6) is 0.495. The Balaban J connectivity index is 2.23. The maximum absolute atomic E-state index is 12.4. The van der Waals surface area contributed by atoms with Gasteiger partial charge in [0, 0.05) is 11.9 Å². The number of rotatable bonds is 5. The quantitative estimate of drug-likeness (QED) is 0.829. The van der Waals surface area contributed by atoms with Gasteiger partial charge in [-0.2, -0.15) is 0 Å². The van der Waals surface area contributed by atoms with Crippen molar-refractivity contribution < 1.29 is 9.59 Å². The summed E-state index contributed by atoms with van der Waals surface area (Å²) in [5, 5.41) is 7.74. The van der Waals surface area contributed by atoms with Gasteiger partial charge in [-0.1, -0.05) is 19.1 Å². The lowest BCUT2D eigenvalue weighted by Gasteiger charge is -2.09. The molecule has 0 aliphatic rings. The van der Waals surface area contributed by atoms with Crippen molar-refractivity contribution in [2.45, 2.75) is 11.8 Å². The molecule has 2 amide bonds. The van der Waals surface area contributed by atoms with Crippen LogP contribution in [0.15, 0.2) is 40.6 Å². The molecule has 0 fully saturated rings. The fourth-order valence-corrected chi connectivity index (χ4v) is 3.41. The largest absolute Gasteiger partial charge is 0.355 e. The van der Waals surface area contributed by atoms with Crippen LogP contribution in [-0.4, -0.2) is 24.6 Å². The van der Waals surface area contributed by atoms with Gasteiger partial charge in [0.15, 0.2) is 0 Å². The second kappa shape index (κ2) is 7.28. The lowest BCUT2D eigenvalue weighted by atomic mass is 10.2. The van der Waals surface area contributed by atoms with Gasteiger partial charge in [0.1, 0.15) is 5.00 Å². The zero-order chi connectivity index (χ0) is 15.2. The average Bonchev–Trinajstić information content (AvgIpc) is 2.95. The summed E-state index contributed by atoms with van der Waals surface area (Å²) < 4.78 is 0. The summed E-state index contributed by atoms with van der Waals surface area (Å²) in [4.78, 5) is 25.1. The minimum Gasteiger partial charge on any atom is -0.355 e. The van der Waals surface area contributed by atoms with E-state index in [1.54, 1.807) is 36.3 Å². The number of carbonyl (C=O) groups is 2. The minimum absolute atomic E-state index is 0.195.